The van der Waals surface area contributed by atoms with Crippen LogP contribution in [-0.4, -0.2) is 31.5 Å². The minimum Gasteiger partial charge on any atom is -0.491 e. The predicted octanol–water partition coefficient (Wildman–Crippen LogP) is 2.56. The number of ether oxygens (including phenoxy) is 1. The number of anilines is 1. The van der Waals surface area contributed by atoms with Crippen molar-refractivity contribution in [2.24, 2.45) is 0 Å². The van der Waals surface area contributed by atoms with Gasteiger partial charge in [0.15, 0.2) is 0 Å². The summed E-state index contributed by atoms with van der Waals surface area (Å²) < 4.78 is 5.60. The molecule has 0 spiro atoms. The minimum atomic E-state index is -0.191. The van der Waals surface area contributed by atoms with E-state index in [0.29, 0.717) is 17.8 Å². The highest BCUT2D eigenvalue weighted by Crippen LogP contribution is 2.14. The van der Waals surface area contributed by atoms with E-state index in [1.165, 1.54) is 0 Å². The molecule has 0 aliphatic carbocycles. The summed E-state index contributed by atoms with van der Waals surface area (Å²) in [5, 5.41) is 8.43. The molecule has 2 rings (SSSR count). The zero-order chi connectivity index (χ0) is 18.9. The van der Waals surface area contributed by atoms with Gasteiger partial charge in [0.05, 0.1) is 12.6 Å². The molecule has 0 heterocycles. The fourth-order valence-corrected chi connectivity index (χ4v) is 2.37. The van der Waals surface area contributed by atoms with Crippen LogP contribution in [0.3, 0.4) is 0 Å². The van der Waals surface area contributed by atoms with Crippen LogP contribution in [0.4, 0.5) is 5.69 Å². The van der Waals surface area contributed by atoms with Gasteiger partial charge in [-0.15, -0.1) is 0 Å². The van der Waals surface area contributed by atoms with Crippen molar-refractivity contribution in [1.29, 1.82) is 0 Å². The van der Waals surface area contributed by atoms with E-state index in [-0.39, 0.29) is 24.5 Å². The highest BCUT2D eigenvalue weighted by atomic mass is 16.5. The van der Waals surface area contributed by atoms with Crippen LogP contribution in [0, 0.1) is 0 Å². The molecular formula is C20H25N3O3. The van der Waals surface area contributed by atoms with E-state index in [1.807, 2.05) is 38.1 Å². The average molecular weight is 355 g/mol. The van der Waals surface area contributed by atoms with Gasteiger partial charge in [-0.1, -0.05) is 18.2 Å². The number of carbonyl (C=O) groups excluding carboxylic acids is 2. The molecule has 0 saturated heterocycles. The Bertz CT molecular complexity index is 742. The van der Waals surface area contributed by atoms with Crippen LogP contribution < -0.4 is 20.7 Å². The highest BCUT2D eigenvalue weighted by molar-refractivity contribution is 5.97. The molecule has 0 unspecified atom stereocenters. The number of amides is 2. The molecule has 0 aliphatic heterocycles. The minimum absolute atomic E-state index is 0.143. The second-order valence-corrected chi connectivity index (χ2v) is 6.12. The molecule has 2 aromatic rings. The van der Waals surface area contributed by atoms with Crippen molar-refractivity contribution in [2.45, 2.75) is 26.5 Å². The zero-order valence-electron chi connectivity index (χ0n) is 15.3. The zero-order valence-corrected chi connectivity index (χ0v) is 15.3. The fourth-order valence-electron chi connectivity index (χ4n) is 2.37. The van der Waals surface area contributed by atoms with Crippen molar-refractivity contribution < 1.29 is 14.3 Å². The molecule has 0 aliphatic rings. The topological polar surface area (TPSA) is 79.5 Å². The lowest BCUT2D eigenvalue weighted by atomic mass is 10.2. The number of hydrogen-bond donors (Lipinski definition) is 3. The molecule has 26 heavy (non-hydrogen) atoms. The number of carbonyl (C=O) groups is 2. The van der Waals surface area contributed by atoms with Crippen LogP contribution in [0.15, 0.2) is 48.5 Å². The van der Waals surface area contributed by atoms with Crippen LogP contribution in [0.5, 0.6) is 5.75 Å². The number of hydrogen-bond acceptors (Lipinski definition) is 4. The molecule has 0 radical (unpaired) electrons. The Morgan fingerprint density at radius 1 is 1.08 bits per heavy atom. The van der Waals surface area contributed by atoms with Gasteiger partial charge in [0, 0.05) is 24.8 Å². The molecule has 2 amide bonds. The van der Waals surface area contributed by atoms with E-state index in [0.717, 1.165) is 11.3 Å². The van der Waals surface area contributed by atoms with Crippen LogP contribution in [0.25, 0.3) is 0 Å². The molecule has 3 N–H and O–H groups in total. The summed E-state index contributed by atoms with van der Waals surface area (Å²) in [5.74, 6) is 0.473. The van der Waals surface area contributed by atoms with Crippen LogP contribution in [0.2, 0.25) is 0 Å². The monoisotopic (exact) mass is 355 g/mol. The van der Waals surface area contributed by atoms with Gasteiger partial charge in [0.25, 0.3) is 5.91 Å². The van der Waals surface area contributed by atoms with Crippen LogP contribution >= 0.6 is 0 Å². The molecule has 6 nitrogen and oxygen atoms in total. The third-order valence-corrected chi connectivity index (χ3v) is 3.55. The Labute approximate surface area is 153 Å². The maximum Gasteiger partial charge on any atom is 0.251 e. The second-order valence-electron chi connectivity index (χ2n) is 6.12. The quantitative estimate of drug-likeness (QED) is 0.680. The summed E-state index contributed by atoms with van der Waals surface area (Å²) >= 11 is 0. The number of nitrogens with one attached hydrogen (secondary N) is 3. The highest BCUT2D eigenvalue weighted by Gasteiger charge is 2.06. The molecule has 0 saturated carbocycles. The van der Waals surface area contributed by atoms with E-state index in [9.17, 15) is 9.59 Å². The Morgan fingerprint density at radius 2 is 1.81 bits per heavy atom. The van der Waals surface area contributed by atoms with Gasteiger partial charge in [-0.2, -0.15) is 0 Å². The maximum atomic E-state index is 12.0. The summed E-state index contributed by atoms with van der Waals surface area (Å²) in [6.07, 6.45) is 0.143. The normalized spacial score (nSPS) is 10.5. The summed E-state index contributed by atoms with van der Waals surface area (Å²) in [4.78, 5) is 23.7. The smallest absolute Gasteiger partial charge is 0.251 e. The first-order valence-electron chi connectivity index (χ1n) is 8.56. The van der Waals surface area contributed by atoms with Gasteiger partial charge in [0.2, 0.25) is 5.91 Å². The number of benzene rings is 2. The Balaban J connectivity index is 1.79. The maximum absolute atomic E-state index is 12.0. The van der Waals surface area contributed by atoms with Gasteiger partial charge >= 0.3 is 0 Å². The Morgan fingerprint density at radius 3 is 2.46 bits per heavy atom. The van der Waals surface area contributed by atoms with Gasteiger partial charge < -0.3 is 20.7 Å². The first kappa shape index (κ1) is 19.5. The van der Waals surface area contributed by atoms with Crippen molar-refractivity contribution in [3.05, 3.63) is 59.7 Å². The van der Waals surface area contributed by atoms with Crippen LogP contribution in [-0.2, 0) is 11.3 Å². The van der Waals surface area contributed by atoms with Crippen LogP contribution in [0.1, 0.15) is 29.8 Å². The molecule has 0 fully saturated rings. The van der Waals surface area contributed by atoms with E-state index in [4.69, 9.17) is 4.74 Å². The summed E-state index contributed by atoms with van der Waals surface area (Å²) in [7, 11) is 1.57. The molecule has 6 heteroatoms. The SMILES string of the molecule is CNC(=O)c1cccc(NC(=O)CNCc2ccc(OC(C)C)cc2)c1. The van der Waals surface area contributed by atoms with Crippen molar-refractivity contribution in [3.8, 4) is 5.75 Å². The molecule has 138 valence electrons. The third kappa shape index (κ3) is 6.22. The molecule has 0 aromatic heterocycles. The summed E-state index contributed by atoms with van der Waals surface area (Å²) in [5.41, 5.74) is 2.16. The van der Waals surface area contributed by atoms with Crippen molar-refractivity contribution in [1.82, 2.24) is 10.6 Å². The molecule has 0 bridgehead atoms. The number of rotatable bonds is 8. The largest absolute Gasteiger partial charge is 0.491 e. The first-order chi connectivity index (χ1) is 12.5. The van der Waals surface area contributed by atoms with E-state index in [1.54, 1.807) is 31.3 Å². The molecular weight excluding hydrogens is 330 g/mol. The lowest BCUT2D eigenvalue weighted by Crippen LogP contribution is -2.27. The second kappa shape index (κ2) is 9.58. The average Bonchev–Trinajstić information content (AvgIpc) is 2.62. The fraction of sp³-hybridized carbons (Fsp3) is 0.300. The van der Waals surface area contributed by atoms with E-state index >= 15 is 0 Å². The van der Waals surface area contributed by atoms with Crippen molar-refractivity contribution >= 4 is 17.5 Å². The predicted molar refractivity (Wildman–Crippen MR) is 102 cm³/mol. The molecule has 2 aromatic carbocycles. The van der Waals surface area contributed by atoms with E-state index < -0.39 is 0 Å². The lowest BCUT2D eigenvalue weighted by Gasteiger charge is -2.11. The summed E-state index contributed by atoms with van der Waals surface area (Å²) in [6, 6.07) is 14.6. The van der Waals surface area contributed by atoms with Crippen molar-refractivity contribution in [3.63, 3.8) is 0 Å². The van der Waals surface area contributed by atoms with Crippen molar-refractivity contribution in [2.75, 3.05) is 18.9 Å². The van der Waals surface area contributed by atoms with Gasteiger partial charge in [-0.3, -0.25) is 9.59 Å². The van der Waals surface area contributed by atoms with Gasteiger partial charge in [-0.25, -0.2) is 0 Å². The third-order valence-electron chi connectivity index (χ3n) is 3.55. The van der Waals surface area contributed by atoms with E-state index in [2.05, 4.69) is 16.0 Å². The Kier molecular flexibility index (Phi) is 7.17. The lowest BCUT2D eigenvalue weighted by molar-refractivity contribution is -0.115. The van der Waals surface area contributed by atoms with Gasteiger partial charge in [-0.05, 0) is 49.7 Å². The van der Waals surface area contributed by atoms with Gasteiger partial charge in [0.1, 0.15) is 5.75 Å². The Hall–Kier alpha value is -2.86. The summed E-state index contributed by atoms with van der Waals surface area (Å²) in [6.45, 7) is 4.72. The first-order valence-corrected chi connectivity index (χ1v) is 8.56. The molecule has 0 atom stereocenters. The standard InChI is InChI=1S/C20H25N3O3/c1-14(2)26-18-9-7-15(8-10-18)12-22-13-19(24)23-17-6-4-5-16(11-17)20(25)21-3/h4-11,14,22H,12-13H2,1-3H3,(H,21,25)(H,23,24).